The number of halogens is 1. The first-order valence-electron chi connectivity index (χ1n) is 10.7. The summed E-state index contributed by atoms with van der Waals surface area (Å²) in [6.07, 6.45) is 6.30. The van der Waals surface area contributed by atoms with E-state index in [1.165, 1.54) is 12.1 Å². The molecule has 0 saturated carbocycles. The Morgan fingerprint density at radius 3 is 2.94 bits per heavy atom. The van der Waals surface area contributed by atoms with Gasteiger partial charge in [-0.15, -0.1) is 0 Å². The number of benzene rings is 1. The fraction of sp³-hybridized carbons (Fsp3) is 0.391. The summed E-state index contributed by atoms with van der Waals surface area (Å²) in [4.78, 5) is 26.5. The number of rotatable bonds is 4. The number of anilines is 1. The van der Waals surface area contributed by atoms with Crippen LogP contribution in [0.4, 0.5) is 10.3 Å². The van der Waals surface area contributed by atoms with Gasteiger partial charge >= 0.3 is 0 Å². The molecule has 1 aliphatic carbocycles. The van der Waals surface area contributed by atoms with Gasteiger partial charge in [-0.25, -0.2) is 14.4 Å². The molecule has 31 heavy (non-hydrogen) atoms. The Morgan fingerprint density at radius 1 is 1.26 bits per heavy atom. The van der Waals surface area contributed by atoms with E-state index in [1.54, 1.807) is 12.3 Å². The van der Waals surface area contributed by atoms with Crippen LogP contribution in [0, 0.1) is 5.82 Å². The number of likely N-dealkylation sites (tertiary alicyclic amines) is 1. The summed E-state index contributed by atoms with van der Waals surface area (Å²) in [6.45, 7) is 0.648. The van der Waals surface area contributed by atoms with Crippen LogP contribution in [-0.4, -0.2) is 51.6 Å². The van der Waals surface area contributed by atoms with Crippen LogP contribution < -0.4 is 4.90 Å². The van der Waals surface area contributed by atoms with E-state index in [4.69, 9.17) is 4.98 Å². The van der Waals surface area contributed by atoms with Crippen LogP contribution in [0.2, 0.25) is 0 Å². The number of nitrogens with zero attached hydrogens (tertiary/aromatic N) is 5. The highest BCUT2D eigenvalue weighted by Crippen LogP contribution is 2.38. The summed E-state index contributed by atoms with van der Waals surface area (Å²) in [5.41, 5.74) is 4.88. The fourth-order valence-electron chi connectivity index (χ4n) is 4.66. The van der Waals surface area contributed by atoms with Gasteiger partial charge in [0.1, 0.15) is 5.82 Å². The van der Waals surface area contributed by atoms with Gasteiger partial charge in [0.15, 0.2) is 5.69 Å². The van der Waals surface area contributed by atoms with Gasteiger partial charge < -0.3 is 9.80 Å². The first-order chi connectivity index (χ1) is 15.0. The molecule has 1 N–H and O–H groups in total. The summed E-state index contributed by atoms with van der Waals surface area (Å²) in [5.74, 6) is 0.193. The topological polar surface area (TPSA) is 78.0 Å². The number of amides is 1. The second-order valence-electron chi connectivity index (χ2n) is 8.41. The maximum Gasteiger partial charge on any atom is 0.275 e. The number of fused-ring (bicyclic) bond motifs is 1. The predicted molar refractivity (Wildman–Crippen MR) is 115 cm³/mol. The minimum Gasteiger partial charge on any atom is -0.347 e. The van der Waals surface area contributed by atoms with E-state index in [0.29, 0.717) is 23.8 Å². The van der Waals surface area contributed by atoms with Crippen molar-refractivity contribution in [3.05, 3.63) is 58.9 Å². The molecule has 160 valence electrons. The van der Waals surface area contributed by atoms with Crippen molar-refractivity contribution < 1.29 is 9.18 Å². The zero-order valence-corrected chi connectivity index (χ0v) is 17.7. The van der Waals surface area contributed by atoms with Crippen molar-refractivity contribution in [1.82, 2.24) is 25.1 Å². The van der Waals surface area contributed by atoms with Crippen LogP contribution in [0.5, 0.6) is 0 Å². The highest BCUT2D eigenvalue weighted by molar-refractivity contribution is 5.94. The average Bonchev–Trinajstić information content (AvgIpc) is 3.49. The van der Waals surface area contributed by atoms with Crippen LogP contribution in [0.3, 0.4) is 0 Å². The quantitative estimate of drug-likeness (QED) is 0.699. The third-order valence-corrected chi connectivity index (χ3v) is 6.18. The van der Waals surface area contributed by atoms with Crippen LogP contribution >= 0.6 is 0 Å². The summed E-state index contributed by atoms with van der Waals surface area (Å²) in [7, 11) is 3.76. The molecule has 1 amide bonds. The third-order valence-electron chi connectivity index (χ3n) is 6.18. The fourth-order valence-corrected chi connectivity index (χ4v) is 4.66. The minimum absolute atomic E-state index is 0.0582. The lowest BCUT2D eigenvalue weighted by atomic mass is 9.99. The van der Waals surface area contributed by atoms with Crippen molar-refractivity contribution in [3.63, 3.8) is 0 Å². The number of carbonyl (C=O) groups is 1. The SMILES string of the molecule is CN(C)c1ncc(-c2cccc(F)c2)c([C@@H]2CCCN2C(=O)c2n[nH]c3c2CCC3)n1. The van der Waals surface area contributed by atoms with E-state index < -0.39 is 0 Å². The number of nitrogens with one attached hydrogen (secondary N) is 1. The van der Waals surface area contributed by atoms with Crippen molar-refractivity contribution in [3.8, 4) is 11.1 Å². The molecule has 8 heteroatoms. The Morgan fingerprint density at radius 2 is 2.13 bits per heavy atom. The van der Waals surface area contributed by atoms with Gasteiger partial charge in [-0.2, -0.15) is 5.10 Å². The number of aryl methyl sites for hydroxylation is 1. The van der Waals surface area contributed by atoms with E-state index in [9.17, 15) is 9.18 Å². The van der Waals surface area contributed by atoms with Gasteiger partial charge in [-0.3, -0.25) is 9.89 Å². The molecule has 1 saturated heterocycles. The number of carbonyl (C=O) groups excluding carboxylic acids is 1. The summed E-state index contributed by atoms with van der Waals surface area (Å²) in [5, 5.41) is 7.38. The van der Waals surface area contributed by atoms with Gasteiger partial charge in [0.25, 0.3) is 5.91 Å². The zero-order chi connectivity index (χ0) is 21.5. The normalized spacial score (nSPS) is 17.8. The maximum absolute atomic E-state index is 14.0. The molecule has 1 aromatic carbocycles. The summed E-state index contributed by atoms with van der Waals surface area (Å²) in [6, 6.07) is 6.23. The highest BCUT2D eigenvalue weighted by Gasteiger charge is 2.36. The van der Waals surface area contributed by atoms with Crippen LogP contribution in [0.15, 0.2) is 30.5 Å². The molecule has 0 spiro atoms. The number of aromatic nitrogens is 4. The molecule has 1 fully saturated rings. The minimum atomic E-state index is -0.313. The molecule has 2 aromatic heterocycles. The van der Waals surface area contributed by atoms with E-state index in [1.807, 2.05) is 30.0 Å². The van der Waals surface area contributed by atoms with Crippen molar-refractivity contribution >= 4 is 11.9 Å². The molecular formula is C23H25FN6O. The Balaban J connectivity index is 1.57. The lowest BCUT2D eigenvalue weighted by Gasteiger charge is -2.26. The number of hydrogen-bond acceptors (Lipinski definition) is 5. The Bertz CT molecular complexity index is 1140. The van der Waals surface area contributed by atoms with Gasteiger partial charge in [-0.1, -0.05) is 12.1 Å². The highest BCUT2D eigenvalue weighted by atomic mass is 19.1. The lowest BCUT2D eigenvalue weighted by molar-refractivity contribution is 0.0726. The largest absolute Gasteiger partial charge is 0.347 e. The lowest BCUT2D eigenvalue weighted by Crippen LogP contribution is -2.32. The van der Waals surface area contributed by atoms with E-state index in [0.717, 1.165) is 54.6 Å². The van der Waals surface area contributed by atoms with Gasteiger partial charge in [0.05, 0.1) is 11.7 Å². The van der Waals surface area contributed by atoms with E-state index >= 15 is 0 Å². The number of H-pyrrole nitrogens is 1. The average molecular weight is 420 g/mol. The van der Waals surface area contributed by atoms with Gasteiger partial charge in [0, 0.05) is 43.7 Å². The van der Waals surface area contributed by atoms with Crippen molar-refractivity contribution in [2.24, 2.45) is 0 Å². The van der Waals surface area contributed by atoms with E-state index in [2.05, 4.69) is 15.2 Å². The third kappa shape index (κ3) is 3.45. The smallest absolute Gasteiger partial charge is 0.275 e. The maximum atomic E-state index is 14.0. The van der Waals surface area contributed by atoms with Crippen LogP contribution in [-0.2, 0) is 12.8 Å². The molecule has 7 nitrogen and oxygen atoms in total. The Hall–Kier alpha value is -3.29. The first kappa shape index (κ1) is 19.7. The Kier molecular flexibility index (Phi) is 4.92. The molecule has 1 aliphatic heterocycles. The molecular weight excluding hydrogens is 395 g/mol. The molecule has 3 heterocycles. The molecule has 3 aromatic rings. The van der Waals surface area contributed by atoms with Gasteiger partial charge in [0.2, 0.25) is 5.95 Å². The van der Waals surface area contributed by atoms with Gasteiger partial charge in [-0.05, 0) is 49.8 Å². The Labute approximate surface area is 180 Å². The van der Waals surface area contributed by atoms with Crippen molar-refractivity contribution in [2.75, 3.05) is 25.5 Å². The standard InChI is InChI=1S/C23H25FN6O/c1-29(2)23-25-13-17(14-6-3-7-15(24)12-14)20(26-23)19-10-5-11-30(19)22(31)21-16-8-4-9-18(16)27-28-21/h3,6-7,12-13,19H,4-5,8-11H2,1-2H3,(H,27,28)/t19-/m0/s1. The number of hydrogen-bond donors (Lipinski definition) is 1. The zero-order valence-electron chi connectivity index (χ0n) is 17.7. The summed E-state index contributed by atoms with van der Waals surface area (Å²) >= 11 is 0. The van der Waals surface area contributed by atoms with Crippen molar-refractivity contribution in [1.29, 1.82) is 0 Å². The molecule has 0 bridgehead atoms. The van der Waals surface area contributed by atoms with E-state index in [-0.39, 0.29) is 17.8 Å². The number of aromatic amines is 1. The molecule has 5 rings (SSSR count). The molecule has 1 atom stereocenters. The first-order valence-corrected chi connectivity index (χ1v) is 10.7. The monoisotopic (exact) mass is 420 g/mol. The molecule has 2 aliphatic rings. The van der Waals surface area contributed by atoms with Crippen molar-refractivity contribution in [2.45, 2.75) is 38.1 Å². The molecule has 0 unspecified atom stereocenters. The van der Waals surface area contributed by atoms with Crippen LogP contribution in [0.25, 0.3) is 11.1 Å². The second kappa shape index (κ2) is 7.76. The van der Waals surface area contributed by atoms with Crippen LogP contribution in [0.1, 0.15) is 52.7 Å². The molecule has 0 radical (unpaired) electrons. The predicted octanol–water partition coefficient (Wildman–Crippen LogP) is 3.54. The second-order valence-corrected chi connectivity index (χ2v) is 8.41. The summed E-state index contributed by atoms with van der Waals surface area (Å²) < 4.78 is 14.0.